The first-order valence-corrected chi connectivity index (χ1v) is 12.5. The van der Waals surface area contributed by atoms with Gasteiger partial charge in [-0.15, -0.1) is 0 Å². The molecule has 0 fully saturated rings. The van der Waals surface area contributed by atoms with E-state index in [9.17, 15) is 9.59 Å². The fourth-order valence-electron chi connectivity index (χ4n) is 4.43. The van der Waals surface area contributed by atoms with Gasteiger partial charge in [0.15, 0.2) is 0 Å². The second-order valence-corrected chi connectivity index (χ2v) is 8.68. The van der Waals surface area contributed by atoms with Gasteiger partial charge in [0.25, 0.3) is 11.8 Å². The Labute approximate surface area is 208 Å². The van der Waals surface area contributed by atoms with Crippen LogP contribution in [-0.4, -0.2) is 24.9 Å². The van der Waals surface area contributed by atoms with E-state index in [2.05, 4.69) is 31.0 Å². The molecule has 0 unspecified atom stereocenters. The Morgan fingerprint density at radius 1 is 0.771 bits per heavy atom. The van der Waals surface area contributed by atoms with Gasteiger partial charge in [-0.3, -0.25) is 9.59 Å². The second kappa shape index (κ2) is 11.0. The fraction of sp³-hybridized carbons (Fsp3) is 0.267. The molecular formula is C30H33N3O2. The molecule has 35 heavy (non-hydrogen) atoms. The molecule has 1 aliphatic heterocycles. The molecule has 0 saturated carbocycles. The standard InChI is InChI=1S/C30H33N3O2/c1-4-7-11-22-14-18-26(19-15-22)33-29(34)27(23-12-9-8-10-13-23)28(30(33)35)31-24-16-20-25(21-17-24)32(5-2)6-3/h8-10,12-21,31H,4-7,11H2,1-3H3. The van der Waals surface area contributed by atoms with E-state index in [-0.39, 0.29) is 11.8 Å². The van der Waals surface area contributed by atoms with Crippen LogP contribution in [0.3, 0.4) is 0 Å². The minimum atomic E-state index is -0.344. The van der Waals surface area contributed by atoms with Gasteiger partial charge < -0.3 is 10.2 Å². The third-order valence-electron chi connectivity index (χ3n) is 6.43. The molecule has 1 heterocycles. The molecule has 3 aromatic carbocycles. The van der Waals surface area contributed by atoms with Crippen molar-refractivity contribution in [1.29, 1.82) is 0 Å². The lowest BCUT2D eigenvalue weighted by Crippen LogP contribution is -2.32. The zero-order chi connectivity index (χ0) is 24.8. The van der Waals surface area contributed by atoms with Gasteiger partial charge in [-0.05, 0) is 74.2 Å². The van der Waals surface area contributed by atoms with Crippen molar-refractivity contribution < 1.29 is 9.59 Å². The first kappa shape index (κ1) is 24.3. The van der Waals surface area contributed by atoms with Crippen molar-refractivity contribution in [2.24, 2.45) is 0 Å². The van der Waals surface area contributed by atoms with Crippen molar-refractivity contribution in [3.05, 3.63) is 95.7 Å². The van der Waals surface area contributed by atoms with Crippen molar-refractivity contribution in [3.63, 3.8) is 0 Å². The van der Waals surface area contributed by atoms with Gasteiger partial charge in [0.2, 0.25) is 0 Å². The van der Waals surface area contributed by atoms with Crippen LogP contribution in [0, 0.1) is 0 Å². The van der Waals surface area contributed by atoms with Gasteiger partial charge in [0, 0.05) is 24.5 Å². The van der Waals surface area contributed by atoms with E-state index in [1.54, 1.807) is 0 Å². The average molecular weight is 468 g/mol. The molecule has 0 radical (unpaired) electrons. The number of carbonyl (C=O) groups excluding carboxylic acids is 2. The van der Waals surface area contributed by atoms with Crippen LogP contribution in [0.1, 0.15) is 44.7 Å². The van der Waals surface area contributed by atoms with Crippen LogP contribution in [0.2, 0.25) is 0 Å². The number of unbranched alkanes of at least 4 members (excludes halogenated alkanes) is 1. The summed E-state index contributed by atoms with van der Waals surface area (Å²) < 4.78 is 0. The number of nitrogens with one attached hydrogen (secondary N) is 1. The summed E-state index contributed by atoms with van der Waals surface area (Å²) in [6, 6.07) is 25.1. The number of hydrogen-bond acceptors (Lipinski definition) is 4. The molecule has 0 aromatic heterocycles. The first-order valence-electron chi connectivity index (χ1n) is 12.5. The molecule has 0 bridgehead atoms. The maximum absolute atomic E-state index is 13.6. The number of anilines is 3. The zero-order valence-electron chi connectivity index (χ0n) is 20.8. The highest BCUT2D eigenvalue weighted by atomic mass is 16.2. The third kappa shape index (κ3) is 5.14. The van der Waals surface area contributed by atoms with Crippen LogP contribution >= 0.6 is 0 Å². The summed E-state index contributed by atoms with van der Waals surface area (Å²) in [5.74, 6) is -0.659. The molecule has 2 amide bonds. The van der Waals surface area contributed by atoms with Crippen molar-refractivity contribution in [2.75, 3.05) is 28.2 Å². The van der Waals surface area contributed by atoms with E-state index in [1.807, 2.05) is 78.9 Å². The summed E-state index contributed by atoms with van der Waals surface area (Å²) >= 11 is 0. The number of imide groups is 1. The second-order valence-electron chi connectivity index (χ2n) is 8.68. The van der Waals surface area contributed by atoms with Gasteiger partial charge in [0.1, 0.15) is 5.70 Å². The Balaban J connectivity index is 1.67. The number of nitrogens with zero attached hydrogens (tertiary/aromatic N) is 2. The highest BCUT2D eigenvalue weighted by Gasteiger charge is 2.40. The predicted octanol–water partition coefficient (Wildman–Crippen LogP) is 6.27. The summed E-state index contributed by atoms with van der Waals surface area (Å²) in [7, 11) is 0. The zero-order valence-corrected chi connectivity index (χ0v) is 20.8. The number of benzene rings is 3. The van der Waals surface area contributed by atoms with Crippen molar-refractivity contribution in [2.45, 2.75) is 40.0 Å². The van der Waals surface area contributed by atoms with Crippen molar-refractivity contribution >= 4 is 34.4 Å². The van der Waals surface area contributed by atoms with E-state index in [4.69, 9.17) is 0 Å². The lowest BCUT2D eigenvalue weighted by Gasteiger charge is -2.21. The van der Waals surface area contributed by atoms with Crippen LogP contribution in [0.25, 0.3) is 5.57 Å². The molecule has 180 valence electrons. The smallest absolute Gasteiger partial charge is 0.282 e. The molecule has 0 atom stereocenters. The van der Waals surface area contributed by atoms with Gasteiger partial charge in [-0.1, -0.05) is 55.8 Å². The number of aryl methyl sites for hydroxylation is 1. The van der Waals surface area contributed by atoms with Crippen molar-refractivity contribution in [3.8, 4) is 0 Å². The molecule has 0 aliphatic carbocycles. The molecular weight excluding hydrogens is 434 g/mol. The molecule has 5 heteroatoms. The lowest BCUT2D eigenvalue weighted by molar-refractivity contribution is -0.120. The highest BCUT2D eigenvalue weighted by molar-refractivity contribution is 6.46. The normalized spacial score (nSPS) is 13.5. The van der Waals surface area contributed by atoms with Gasteiger partial charge in [-0.25, -0.2) is 4.90 Å². The summed E-state index contributed by atoms with van der Waals surface area (Å²) in [4.78, 5) is 30.7. The van der Waals surface area contributed by atoms with E-state index >= 15 is 0 Å². The summed E-state index contributed by atoms with van der Waals surface area (Å²) in [5.41, 5.74) is 5.08. The largest absolute Gasteiger partial charge is 0.372 e. The van der Waals surface area contributed by atoms with Gasteiger partial charge in [0.05, 0.1) is 11.3 Å². The molecule has 3 aromatic rings. The van der Waals surface area contributed by atoms with Gasteiger partial charge in [-0.2, -0.15) is 0 Å². The number of hydrogen-bond donors (Lipinski definition) is 1. The van der Waals surface area contributed by atoms with E-state index in [0.29, 0.717) is 17.0 Å². The molecule has 0 saturated heterocycles. The summed E-state index contributed by atoms with van der Waals surface area (Å²) in [6.45, 7) is 8.26. The topological polar surface area (TPSA) is 52.7 Å². The molecule has 1 N–H and O–H groups in total. The highest BCUT2D eigenvalue weighted by Crippen LogP contribution is 2.34. The maximum atomic E-state index is 13.6. The van der Waals surface area contributed by atoms with Crippen LogP contribution in [0.15, 0.2) is 84.6 Å². The minimum absolute atomic E-state index is 0.298. The Hall–Kier alpha value is -3.86. The summed E-state index contributed by atoms with van der Waals surface area (Å²) in [6.07, 6.45) is 3.23. The lowest BCUT2D eigenvalue weighted by atomic mass is 10.0. The third-order valence-corrected chi connectivity index (χ3v) is 6.43. The van der Waals surface area contributed by atoms with Gasteiger partial charge >= 0.3 is 0 Å². The average Bonchev–Trinajstić information content (AvgIpc) is 3.14. The van der Waals surface area contributed by atoms with Crippen LogP contribution in [0.5, 0.6) is 0 Å². The quantitative estimate of drug-likeness (QED) is 0.357. The number of carbonyl (C=O) groups is 2. The Bertz CT molecular complexity index is 1190. The Kier molecular flexibility index (Phi) is 7.66. The van der Waals surface area contributed by atoms with Crippen LogP contribution in [-0.2, 0) is 16.0 Å². The minimum Gasteiger partial charge on any atom is -0.372 e. The molecule has 0 spiro atoms. The first-order chi connectivity index (χ1) is 17.1. The monoisotopic (exact) mass is 467 g/mol. The van der Waals surface area contributed by atoms with Crippen LogP contribution < -0.4 is 15.1 Å². The summed E-state index contributed by atoms with van der Waals surface area (Å²) in [5, 5.41) is 3.26. The van der Waals surface area contributed by atoms with E-state index in [0.717, 1.165) is 49.3 Å². The van der Waals surface area contributed by atoms with E-state index < -0.39 is 0 Å². The van der Waals surface area contributed by atoms with Crippen molar-refractivity contribution in [1.82, 2.24) is 0 Å². The predicted molar refractivity (Wildman–Crippen MR) is 145 cm³/mol. The Morgan fingerprint density at radius 2 is 1.43 bits per heavy atom. The Morgan fingerprint density at radius 3 is 2.03 bits per heavy atom. The maximum Gasteiger partial charge on any atom is 0.282 e. The van der Waals surface area contributed by atoms with E-state index in [1.165, 1.54) is 10.5 Å². The fourth-order valence-corrected chi connectivity index (χ4v) is 4.43. The SMILES string of the molecule is CCCCc1ccc(N2C(=O)C(Nc3ccc(N(CC)CC)cc3)=C(c3ccccc3)C2=O)cc1. The molecule has 4 rings (SSSR count). The molecule has 5 nitrogen and oxygen atoms in total. The number of rotatable bonds is 10. The molecule has 1 aliphatic rings. The van der Waals surface area contributed by atoms with Crippen LogP contribution in [0.4, 0.5) is 17.1 Å². The number of amides is 2.